The van der Waals surface area contributed by atoms with Gasteiger partial charge in [0.2, 0.25) is 0 Å². The Balaban J connectivity index is 2.28. The molecule has 1 atom stereocenters. The van der Waals surface area contributed by atoms with E-state index >= 15 is 0 Å². The summed E-state index contributed by atoms with van der Waals surface area (Å²) < 4.78 is 2.76. The summed E-state index contributed by atoms with van der Waals surface area (Å²) in [5, 5.41) is 14.7. The summed E-state index contributed by atoms with van der Waals surface area (Å²) in [5.41, 5.74) is 4.76. The Morgan fingerprint density at radius 3 is 2.58 bits per heavy atom. The van der Waals surface area contributed by atoms with Gasteiger partial charge in [-0.2, -0.15) is 5.10 Å². The minimum Gasteiger partial charge on any atom is -0.386 e. The Kier molecular flexibility index (Phi) is 4.06. The summed E-state index contributed by atoms with van der Waals surface area (Å²) in [5.74, 6) is 0. The number of pyridine rings is 1. The zero-order valence-corrected chi connectivity index (χ0v) is 13.2. The summed E-state index contributed by atoms with van der Waals surface area (Å²) in [6, 6.07) is 2.04. The van der Waals surface area contributed by atoms with E-state index in [1.807, 2.05) is 33.9 Å². The van der Waals surface area contributed by atoms with E-state index in [2.05, 4.69) is 26.0 Å². The predicted octanol–water partition coefficient (Wildman–Crippen LogP) is 2.78. The molecule has 0 saturated heterocycles. The molecule has 0 saturated carbocycles. The Bertz CT molecular complexity index is 607. The zero-order valence-electron chi connectivity index (χ0n) is 11.6. The molecule has 2 aromatic rings. The number of aliphatic hydroxyl groups excluding tert-OH is 1. The van der Waals surface area contributed by atoms with Crippen molar-refractivity contribution in [1.82, 2.24) is 14.8 Å². The lowest BCUT2D eigenvalue weighted by molar-refractivity contribution is 0.170. The van der Waals surface area contributed by atoms with E-state index in [9.17, 15) is 5.11 Å². The Morgan fingerprint density at radius 1 is 1.37 bits per heavy atom. The van der Waals surface area contributed by atoms with E-state index < -0.39 is 6.10 Å². The van der Waals surface area contributed by atoms with Gasteiger partial charge in [0, 0.05) is 19.7 Å². The first kappa shape index (κ1) is 14.2. The zero-order chi connectivity index (χ0) is 14.2. The summed E-state index contributed by atoms with van der Waals surface area (Å²) in [6.07, 6.45) is 1.66. The van der Waals surface area contributed by atoms with E-state index in [0.29, 0.717) is 6.42 Å². The second-order valence-corrected chi connectivity index (χ2v) is 5.70. The minimum absolute atomic E-state index is 0.495. The molecule has 0 aromatic carbocycles. The molecule has 102 valence electrons. The van der Waals surface area contributed by atoms with Crippen LogP contribution in [-0.2, 0) is 13.5 Å². The molecule has 2 rings (SSSR count). The number of aliphatic hydroxyl groups is 1. The van der Waals surface area contributed by atoms with Crippen molar-refractivity contribution < 1.29 is 5.11 Å². The van der Waals surface area contributed by atoms with Crippen LogP contribution < -0.4 is 0 Å². The van der Waals surface area contributed by atoms with Crippen LogP contribution in [0.5, 0.6) is 0 Å². The molecule has 0 bridgehead atoms. The van der Waals surface area contributed by atoms with Crippen LogP contribution in [0.15, 0.2) is 16.7 Å². The van der Waals surface area contributed by atoms with E-state index in [1.54, 1.807) is 10.9 Å². The third-order valence-corrected chi connectivity index (χ3v) is 4.25. The lowest BCUT2D eigenvalue weighted by Crippen LogP contribution is -2.10. The van der Waals surface area contributed by atoms with Gasteiger partial charge >= 0.3 is 0 Å². The molecule has 0 amide bonds. The average Bonchev–Trinajstić information content (AvgIpc) is 2.56. The molecule has 4 nitrogen and oxygen atoms in total. The van der Waals surface area contributed by atoms with E-state index in [1.165, 1.54) is 0 Å². The van der Waals surface area contributed by atoms with Crippen LogP contribution in [0.4, 0.5) is 0 Å². The van der Waals surface area contributed by atoms with Crippen LogP contribution in [0.3, 0.4) is 0 Å². The van der Waals surface area contributed by atoms with Crippen molar-refractivity contribution in [3.05, 3.63) is 44.9 Å². The molecule has 2 aromatic heterocycles. The third-order valence-electron chi connectivity index (χ3n) is 3.22. The maximum absolute atomic E-state index is 10.4. The Hall–Kier alpha value is -1.20. The summed E-state index contributed by atoms with van der Waals surface area (Å²) >= 11 is 3.52. The van der Waals surface area contributed by atoms with Crippen LogP contribution in [0.1, 0.15) is 34.3 Å². The molecule has 1 unspecified atom stereocenters. The number of rotatable bonds is 3. The predicted molar refractivity (Wildman–Crippen MR) is 78.0 cm³/mol. The van der Waals surface area contributed by atoms with Crippen molar-refractivity contribution in [2.45, 2.75) is 33.3 Å². The first-order valence-electron chi connectivity index (χ1n) is 6.19. The van der Waals surface area contributed by atoms with Crippen LogP contribution >= 0.6 is 15.9 Å². The van der Waals surface area contributed by atoms with E-state index in [0.717, 1.165) is 32.7 Å². The molecule has 19 heavy (non-hydrogen) atoms. The molecule has 0 spiro atoms. The van der Waals surface area contributed by atoms with E-state index in [-0.39, 0.29) is 0 Å². The van der Waals surface area contributed by atoms with Gasteiger partial charge in [0.1, 0.15) is 6.10 Å². The molecule has 0 aliphatic carbocycles. The third kappa shape index (κ3) is 2.87. The standard InChI is InChI=1S/C14H18BrN3O/c1-8-5-9(2)14(16-7-8)12(19)6-11-13(15)10(3)17-18(11)4/h5,7,12,19H,6H2,1-4H3. The molecule has 1 N–H and O–H groups in total. The largest absolute Gasteiger partial charge is 0.386 e. The highest BCUT2D eigenvalue weighted by Gasteiger charge is 2.18. The molecule has 0 aliphatic rings. The van der Waals surface area contributed by atoms with Gasteiger partial charge in [0.05, 0.1) is 21.6 Å². The Morgan fingerprint density at radius 2 is 2.05 bits per heavy atom. The van der Waals surface area contributed by atoms with Gasteiger partial charge in [-0.25, -0.2) is 0 Å². The van der Waals surface area contributed by atoms with Crippen molar-refractivity contribution in [3.63, 3.8) is 0 Å². The van der Waals surface area contributed by atoms with Crippen LogP contribution in [0.2, 0.25) is 0 Å². The highest BCUT2D eigenvalue weighted by Crippen LogP contribution is 2.26. The fourth-order valence-electron chi connectivity index (χ4n) is 2.26. The number of halogens is 1. The van der Waals surface area contributed by atoms with Gasteiger partial charge in [0.25, 0.3) is 0 Å². The quantitative estimate of drug-likeness (QED) is 0.944. The van der Waals surface area contributed by atoms with Crippen molar-refractivity contribution >= 4 is 15.9 Å². The van der Waals surface area contributed by atoms with Crippen LogP contribution in [-0.4, -0.2) is 19.9 Å². The molecule has 0 radical (unpaired) electrons. The van der Waals surface area contributed by atoms with Gasteiger partial charge in [0.15, 0.2) is 0 Å². The molecule has 2 heterocycles. The molecule has 0 aliphatic heterocycles. The van der Waals surface area contributed by atoms with Crippen molar-refractivity contribution in [2.75, 3.05) is 0 Å². The van der Waals surface area contributed by atoms with Gasteiger partial charge in [-0.3, -0.25) is 9.67 Å². The monoisotopic (exact) mass is 323 g/mol. The SMILES string of the molecule is Cc1cnc(C(O)Cc2c(Br)c(C)nn2C)c(C)c1. The van der Waals surface area contributed by atoms with Gasteiger partial charge in [-0.1, -0.05) is 6.07 Å². The van der Waals surface area contributed by atoms with Crippen molar-refractivity contribution in [3.8, 4) is 0 Å². The smallest absolute Gasteiger partial charge is 0.102 e. The fraction of sp³-hybridized carbons (Fsp3) is 0.429. The minimum atomic E-state index is -0.619. The lowest BCUT2D eigenvalue weighted by atomic mass is 10.0. The number of nitrogens with zero attached hydrogens (tertiary/aromatic N) is 3. The number of aromatic nitrogens is 3. The highest BCUT2D eigenvalue weighted by atomic mass is 79.9. The molecule has 5 heteroatoms. The molecular formula is C14H18BrN3O. The summed E-state index contributed by atoms with van der Waals surface area (Å²) in [7, 11) is 1.88. The van der Waals surface area contributed by atoms with Gasteiger partial charge in [-0.15, -0.1) is 0 Å². The highest BCUT2D eigenvalue weighted by molar-refractivity contribution is 9.10. The number of aryl methyl sites for hydroxylation is 4. The lowest BCUT2D eigenvalue weighted by Gasteiger charge is -2.13. The number of hydrogen-bond acceptors (Lipinski definition) is 3. The second-order valence-electron chi connectivity index (χ2n) is 4.90. The van der Waals surface area contributed by atoms with Crippen LogP contribution in [0.25, 0.3) is 0 Å². The van der Waals surface area contributed by atoms with Crippen LogP contribution in [0, 0.1) is 20.8 Å². The van der Waals surface area contributed by atoms with Crippen molar-refractivity contribution in [2.24, 2.45) is 7.05 Å². The second kappa shape index (κ2) is 5.43. The maximum atomic E-state index is 10.4. The first-order valence-corrected chi connectivity index (χ1v) is 6.98. The average molecular weight is 324 g/mol. The first-order chi connectivity index (χ1) is 8.90. The Labute approximate surface area is 121 Å². The van der Waals surface area contributed by atoms with Crippen molar-refractivity contribution in [1.29, 1.82) is 0 Å². The normalized spacial score (nSPS) is 12.7. The van der Waals surface area contributed by atoms with Gasteiger partial charge < -0.3 is 5.11 Å². The van der Waals surface area contributed by atoms with E-state index in [4.69, 9.17) is 0 Å². The molecule has 0 fully saturated rings. The summed E-state index contributed by atoms with van der Waals surface area (Å²) in [6.45, 7) is 5.91. The maximum Gasteiger partial charge on any atom is 0.102 e. The summed E-state index contributed by atoms with van der Waals surface area (Å²) in [4.78, 5) is 4.35. The fourth-order valence-corrected chi connectivity index (χ4v) is 2.75. The topological polar surface area (TPSA) is 50.9 Å². The van der Waals surface area contributed by atoms with Gasteiger partial charge in [-0.05, 0) is 47.8 Å². The molecular weight excluding hydrogens is 306 g/mol. The number of hydrogen-bond donors (Lipinski definition) is 1.